The van der Waals surface area contributed by atoms with Gasteiger partial charge in [-0.15, -0.1) is 0 Å². The molecular formula is C14H15N3O3. The van der Waals surface area contributed by atoms with Crippen LogP contribution >= 0.6 is 0 Å². The molecule has 0 saturated carbocycles. The standard InChI is InChI=1S/C14H15N3O3/c1-19-10-5-3-9(4-6-10)17-13-12(15)11(7-8-16-13)14(18)20-2/h3-8H,15H2,1-2H3,(H,16,17). The van der Waals surface area contributed by atoms with Crippen molar-refractivity contribution in [3.63, 3.8) is 0 Å². The highest BCUT2D eigenvalue weighted by molar-refractivity contribution is 5.97. The highest BCUT2D eigenvalue weighted by Gasteiger charge is 2.13. The molecule has 0 unspecified atom stereocenters. The molecule has 6 heteroatoms. The predicted molar refractivity (Wildman–Crippen MR) is 76.3 cm³/mol. The van der Waals surface area contributed by atoms with Crippen LogP contribution in [-0.4, -0.2) is 25.2 Å². The zero-order valence-corrected chi connectivity index (χ0v) is 11.2. The highest BCUT2D eigenvalue weighted by atomic mass is 16.5. The number of ether oxygens (including phenoxy) is 2. The number of nitrogen functional groups attached to an aromatic ring is 1. The molecule has 104 valence electrons. The van der Waals surface area contributed by atoms with Gasteiger partial charge in [-0.1, -0.05) is 0 Å². The minimum Gasteiger partial charge on any atom is -0.497 e. The lowest BCUT2D eigenvalue weighted by atomic mass is 10.2. The zero-order valence-electron chi connectivity index (χ0n) is 11.2. The van der Waals surface area contributed by atoms with Gasteiger partial charge in [0, 0.05) is 11.9 Å². The monoisotopic (exact) mass is 273 g/mol. The fraction of sp³-hybridized carbons (Fsp3) is 0.143. The number of rotatable bonds is 4. The molecule has 0 aliphatic heterocycles. The van der Waals surface area contributed by atoms with Crippen molar-refractivity contribution in [1.29, 1.82) is 0 Å². The Balaban J connectivity index is 2.26. The minimum absolute atomic E-state index is 0.246. The topological polar surface area (TPSA) is 86.5 Å². The smallest absolute Gasteiger partial charge is 0.340 e. The molecule has 0 amide bonds. The van der Waals surface area contributed by atoms with E-state index in [0.717, 1.165) is 11.4 Å². The van der Waals surface area contributed by atoms with Gasteiger partial charge in [-0.2, -0.15) is 0 Å². The van der Waals surface area contributed by atoms with Gasteiger partial charge in [0.15, 0.2) is 5.82 Å². The van der Waals surface area contributed by atoms with E-state index >= 15 is 0 Å². The third kappa shape index (κ3) is 2.80. The van der Waals surface area contributed by atoms with Crippen molar-refractivity contribution in [1.82, 2.24) is 4.98 Å². The van der Waals surface area contributed by atoms with Crippen LogP contribution in [0.25, 0.3) is 0 Å². The van der Waals surface area contributed by atoms with Crippen LogP contribution in [0.3, 0.4) is 0 Å². The van der Waals surface area contributed by atoms with Gasteiger partial charge in [-0.25, -0.2) is 9.78 Å². The number of esters is 1. The molecule has 6 nitrogen and oxygen atoms in total. The Morgan fingerprint density at radius 3 is 2.50 bits per heavy atom. The molecule has 1 heterocycles. The lowest BCUT2D eigenvalue weighted by Gasteiger charge is -2.11. The normalized spacial score (nSPS) is 9.90. The quantitative estimate of drug-likeness (QED) is 0.830. The summed E-state index contributed by atoms with van der Waals surface area (Å²) in [5.41, 5.74) is 7.22. The summed E-state index contributed by atoms with van der Waals surface area (Å²) >= 11 is 0. The Morgan fingerprint density at radius 1 is 1.20 bits per heavy atom. The van der Waals surface area contributed by atoms with Gasteiger partial charge in [-0.05, 0) is 30.3 Å². The second-order valence-electron chi connectivity index (χ2n) is 3.97. The first-order valence-electron chi connectivity index (χ1n) is 5.89. The molecule has 0 radical (unpaired) electrons. The molecule has 0 saturated heterocycles. The van der Waals surface area contributed by atoms with E-state index in [2.05, 4.69) is 15.0 Å². The van der Waals surface area contributed by atoms with Gasteiger partial charge < -0.3 is 20.5 Å². The summed E-state index contributed by atoms with van der Waals surface area (Å²) in [6.07, 6.45) is 1.49. The summed E-state index contributed by atoms with van der Waals surface area (Å²) in [5, 5.41) is 3.04. The number of nitrogens with two attached hydrogens (primary N) is 1. The summed E-state index contributed by atoms with van der Waals surface area (Å²) in [5.74, 6) is 0.653. The van der Waals surface area contributed by atoms with Crippen molar-refractivity contribution in [3.05, 3.63) is 42.1 Å². The van der Waals surface area contributed by atoms with Gasteiger partial charge in [0.1, 0.15) is 5.75 Å². The van der Waals surface area contributed by atoms with Crippen LogP contribution in [0.15, 0.2) is 36.5 Å². The number of pyridine rings is 1. The van der Waals surface area contributed by atoms with Crippen LogP contribution in [-0.2, 0) is 4.74 Å². The maximum atomic E-state index is 11.5. The Labute approximate surface area is 116 Å². The summed E-state index contributed by atoms with van der Waals surface area (Å²) in [4.78, 5) is 15.7. The number of anilines is 3. The van der Waals surface area contributed by atoms with Crippen LogP contribution in [0, 0.1) is 0 Å². The molecule has 0 fully saturated rings. The van der Waals surface area contributed by atoms with Crippen LogP contribution in [0.4, 0.5) is 17.2 Å². The van der Waals surface area contributed by atoms with Crippen molar-refractivity contribution in [2.24, 2.45) is 0 Å². The summed E-state index contributed by atoms with van der Waals surface area (Å²) in [6, 6.07) is 8.78. The average molecular weight is 273 g/mol. The molecule has 0 spiro atoms. The molecule has 1 aromatic heterocycles. The van der Waals surface area contributed by atoms with Gasteiger partial charge in [0.05, 0.1) is 25.5 Å². The minimum atomic E-state index is -0.498. The van der Waals surface area contributed by atoms with Gasteiger partial charge in [0.25, 0.3) is 0 Å². The molecule has 0 atom stereocenters. The number of nitrogens with zero attached hydrogens (tertiary/aromatic N) is 1. The van der Waals surface area contributed by atoms with Crippen LogP contribution in [0.2, 0.25) is 0 Å². The highest BCUT2D eigenvalue weighted by Crippen LogP contribution is 2.25. The first-order valence-corrected chi connectivity index (χ1v) is 5.89. The fourth-order valence-electron chi connectivity index (χ4n) is 1.67. The Kier molecular flexibility index (Phi) is 4.05. The van der Waals surface area contributed by atoms with Crippen molar-refractivity contribution in [3.8, 4) is 5.75 Å². The number of carbonyl (C=O) groups excluding carboxylic acids is 1. The first kappa shape index (κ1) is 13.7. The molecular weight excluding hydrogens is 258 g/mol. The molecule has 0 aliphatic rings. The van der Waals surface area contributed by atoms with Crippen LogP contribution < -0.4 is 15.8 Å². The Hall–Kier alpha value is -2.76. The van der Waals surface area contributed by atoms with Crippen molar-refractivity contribution < 1.29 is 14.3 Å². The number of methoxy groups -OCH3 is 2. The van der Waals surface area contributed by atoms with Gasteiger partial charge in [-0.3, -0.25) is 0 Å². The Morgan fingerprint density at radius 2 is 1.90 bits per heavy atom. The summed E-state index contributed by atoms with van der Waals surface area (Å²) < 4.78 is 9.74. The second-order valence-corrected chi connectivity index (χ2v) is 3.97. The number of carbonyl (C=O) groups is 1. The molecule has 2 rings (SSSR count). The number of aromatic nitrogens is 1. The van der Waals surface area contributed by atoms with E-state index in [1.165, 1.54) is 19.4 Å². The summed E-state index contributed by atoms with van der Waals surface area (Å²) in [6.45, 7) is 0. The largest absolute Gasteiger partial charge is 0.497 e. The van der Waals surface area contributed by atoms with E-state index in [1.54, 1.807) is 7.11 Å². The molecule has 1 aromatic carbocycles. The second kappa shape index (κ2) is 5.92. The van der Waals surface area contributed by atoms with Crippen molar-refractivity contribution >= 4 is 23.2 Å². The molecule has 0 bridgehead atoms. The van der Waals surface area contributed by atoms with E-state index < -0.39 is 5.97 Å². The van der Waals surface area contributed by atoms with E-state index in [9.17, 15) is 4.79 Å². The van der Waals surface area contributed by atoms with Crippen molar-refractivity contribution in [2.75, 3.05) is 25.3 Å². The predicted octanol–water partition coefficient (Wildman–Crippen LogP) is 2.20. The number of hydrogen-bond donors (Lipinski definition) is 2. The van der Waals surface area contributed by atoms with Crippen molar-refractivity contribution in [2.45, 2.75) is 0 Å². The number of benzene rings is 1. The third-order valence-electron chi connectivity index (χ3n) is 2.75. The average Bonchev–Trinajstić information content (AvgIpc) is 2.49. The van der Waals surface area contributed by atoms with E-state index in [0.29, 0.717) is 5.82 Å². The lowest BCUT2D eigenvalue weighted by molar-refractivity contribution is 0.0602. The third-order valence-corrected chi connectivity index (χ3v) is 2.75. The lowest BCUT2D eigenvalue weighted by Crippen LogP contribution is -2.08. The van der Waals surface area contributed by atoms with E-state index in [4.69, 9.17) is 10.5 Å². The van der Waals surface area contributed by atoms with Crippen LogP contribution in [0.5, 0.6) is 5.75 Å². The van der Waals surface area contributed by atoms with Gasteiger partial charge >= 0.3 is 5.97 Å². The molecule has 3 N–H and O–H groups in total. The molecule has 2 aromatic rings. The van der Waals surface area contributed by atoms with Crippen LogP contribution in [0.1, 0.15) is 10.4 Å². The number of nitrogens with one attached hydrogen (secondary N) is 1. The molecule has 0 aliphatic carbocycles. The maximum Gasteiger partial charge on any atom is 0.340 e. The van der Waals surface area contributed by atoms with Gasteiger partial charge in [0.2, 0.25) is 0 Å². The SMILES string of the molecule is COC(=O)c1ccnc(Nc2ccc(OC)cc2)c1N. The number of hydrogen-bond acceptors (Lipinski definition) is 6. The fourth-order valence-corrected chi connectivity index (χ4v) is 1.67. The first-order chi connectivity index (χ1) is 9.65. The molecule has 20 heavy (non-hydrogen) atoms. The Bertz CT molecular complexity index is 612. The maximum absolute atomic E-state index is 11.5. The van der Waals surface area contributed by atoms with E-state index in [1.807, 2.05) is 24.3 Å². The summed E-state index contributed by atoms with van der Waals surface area (Å²) in [7, 11) is 2.90. The van der Waals surface area contributed by atoms with E-state index in [-0.39, 0.29) is 11.3 Å². The zero-order chi connectivity index (χ0) is 14.5.